The molecule has 0 heterocycles. The van der Waals surface area contributed by atoms with E-state index in [0.717, 1.165) is 0 Å². The first-order valence-corrected chi connectivity index (χ1v) is 7.01. The summed E-state index contributed by atoms with van der Waals surface area (Å²) in [5.41, 5.74) is -0.336. The number of thioether (sulfide) groups is 1. The third-order valence-electron chi connectivity index (χ3n) is 2.44. The Morgan fingerprint density at radius 1 is 1.44 bits per heavy atom. The van der Waals surface area contributed by atoms with Gasteiger partial charge in [0.2, 0.25) is 0 Å². The Balaban J connectivity index is 2.54. The zero-order valence-corrected chi connectivity index (χ0v) is 11.7. The summed E-state index contributed by atoms with van der Waals surface area (Å²) in [6, 6.07) is 6.85. The number of carbonyl (C=O) groups excluding carboxylic acids is 1. The third-order valence-corrected chi connectivity index (χ3v) is 3.35. The highest BCUT2D eigenvalue weighted by Crippen LogP contribution is 2.12. The molecule has 4 nitrogen and oxygen atoms in total. The summed E-state index contributed by atoms with van der Waals surface area (Å²) < 4.78 is 5.02. The number of rotatable bonds is 6. The van der Waals surface area contributed by atoms with Crippen LogP contribution in [-0.4, -0.2) is 42.3 Å². The molecule has 1 aromatic carbocycles. The van der Waals surface area contributed by atoms with Gasteiger partial charge in [0, 0.05) is 17.9 Å². The van der Waals surface area contributed by atoms with E-state index in [2.05, 4.69) is 5.32 Å². The summed E-state index contributed by atoms with van der Waals surface area (Å²) in [6.45, 7) is 1.94. The number of carbonyl (C=O) groups is 1. The predicted octanol–water partition coefficient (Wildman–Crippen LogP) is 1.54. The SMILES string of the molecule is COc1ccc(C(=O)NCC(C)(O)CSC)cc1. The number of methoxy groups -OCH3 is 1. The average Bonchev–Trinajstić information content (AvgIpc) is 2.36. The molecule has 0 aliphatic rings. The van der Waals surface area contributed by atoms with Gasteiger partial charge in [0.05, 0.1) is 12.7 Å². The van der Waals surface area contributed by atoms with Gasteiger partial charge < -0.3 is 15.2 Å². The van der Waals surface area contributed by atoms with Crippen molar-refractivity contribution in [1.82, 2.24) is 5.32 Å². The van der Waals surface area contributed by atoms with Crippen LogP contribution in [0.15, 0.2) is 24.3 Å². The molecule has 0 fully saturated rings. The maximum absolute atomic E-state index is 11.8. The normalized spacial score (nSPS) is 13.8. The van der Waals surface area contributed by atoms with Gasteiger partial charge >= 0.3 is 0 Å². The maximum atomic E-state index is 11.8. The smallest absolute Gasteiger partial charge is 0.251 e. The molecule has 1 rings (SSSR count). The lowest BCUT2D eigenvalue weighted by atomic mass is 10.1. The molecule has 0 bridgehead atoms. The molecule has 1 unspecified atom stereocenters. The van der Waals surface area contributed by atoms with E-state index in [-0.39, 0.29) is 12.5 Å². The molecule has 100 valence electrons. The molecule has 18 heavy (non-hydrogen) atoms. The summed E-state index contributed by atoms with van der Waals surface area (Å²) >= 11 is 1.54. The van der Waals surface area contributed by atoms with Crippen molar-refractivity contribution in [2.24, 2.45) is 0 Å². The first-order valence-electron chi connectivity index (χ1n) is 5.62. The predicted molar refractivity (Wildman–Crippen MR) is 74.3 cm³/mol. The summed E-state index contributed by atoms with van der Waals surface area (Å²) in [5.74, 6) is 1.09. The zero-order chi connectivity index (χ0) is 13.6. The van der Waals surface area contributed by atoms with Crippen molar-refractivity contribution in [1.29, 1.82) is 0 Å². The molecule has 5 heteroatoms. The van der Waals surface area contributed by atoms with Crippen LogP contribution in [0, 0.1) is 0 Å². The average molecular weight is 269 g/mol. The highest BCUT2D eigenvalue weighted by atomic mass is 32.2. The van der Waals surface area contributed by atoms with Gasteiger partial charge in [-0.2, -0.15) is 11.8 Å². The Morgan fingerprint density at radius 2 is 2.06 bits per heavy atom. The fraction of sp³-hybridized carbons (Fsp3) is 0.462. The number of benzene rings is 1. The molecule has 0 saturated heterocycles. The van der Waals surface area contributed by atoms with Crippen LogP contribution in [0.25, 0.3) is 0 Å². The first-order chi connectivity index (χ1) is 8.48. The van der Waals surface area contributed by atoms with E-state index in [1.165, 1.54) is 0 Å². The molecule has 0 radical (unpaired) electrons. The maximum Gasteiger partial charge on any atom is 0.251 e. The minimum absolute atomic E-state index is 0.195. The number of ether oxygens (including phenoxy) is 1. The van der Waals surface area contributed by atoms with E-state index in [9.17, 15) is 9.90 Å². The van der Waals surface area contributed by atoms with Gasteiger partial charge in [-0.1, -0.05) is 0 Å². The minimum Gasteiger partial charge on any atom is -0.497 e. The van der Waals surface area contributed by atoms with E-state index in [1.54, 1.807) is 50.1 Å². The van der Waals surface area contributed by atoms with Gasteiger partial charge in [-0.05, 0) is 37.4 Å². The van der Waals surface area contributed by atoms with Crippen LogP contribution in [0.2, 0.25) is 0 Å². The van der Waals surface area contributed by atoms with Gasteiger partial charge in [0.25, 0.3) is 5.91 Å². The summed E-state index contributed by atoms with van der Waals surface area (Å²) in [7, 11) is 1.58. The molecule has 2 N–H and O–H groups in total. The Hall–Kier alpha value is -1.20. The summed E-state index contributed by atoms with van der Waals surface area (Å²) in [4.78, 5) is 11.8. The van der Waals surface area contributed by atoms with E-state index in [1.807, 2.05) is 6.26 Å². The highest BCUT2D eigenvalue weighted by Gasteiger charge is 2.20. The van der Waals surface area contributed by atoms with Crippen LogP contribution in [-0.2, 0) is 0 Å². The zero-order valence-electron chi connectivity index (χ0n) is 10.9. The molecule has 1 aromatic rings. The van der Waals surface area contributed by atoms with Crippen molar-refractivity contribution < 1.29 is 14.6 Å². The second kappa shape index (κ2) is 6.66. The molecule has 0 spiro atoms. The summed E-state index contributed by atoms with van der Waals surface area (Å²) in [6.07, 6.45) is 1.92. The Morgan fingerprint density at radius 3 is 2.56 bits per heavy atom. The number of hydrogen-bond donors (Lipinski definition) is 2. The molecular formula is C13H19NO3S. The van der Waals surface area contributed by atoms with Crippen LogP contribution < -0.4 is 10.1 Å². The van der Waals surface area contributed by atoms with Gasteiger partial charge in [-0.3, -0.25) is 4.79 Å². The van der Waals surface area contributed by atoms with Gasteiger partial charge in [-0.25, -0.2) is 0 Å². The fourth-order valence-electron chi connectivity index (χ4n) is 1.48. The lowest BCUT2D eigenvalue weighted by molar-refractivity contribution is 0.0725. The van der Waals surface area contributed by atoms with E-state index < -0.39 is 5.60 Å². The Bertz CT molecular complexity index is 390. The molecule has 0 aliphatic carbocycles. The van der Waals surface area contributed by atoms with Crippen LogP contribution in [0.4, 0.5) is 0 Å². The lowest BCUT2D eigenvalue weighted by Crippen LogP contribution is -2.42. The van der Waals surface area contributed by atoms with E-state index >= 15 is 0 Å². The highest BCUT2D eigenvalue weighted by molar-refractivity contribution is 7.98. The van der Waals surface area contributed by atoms with Gasteiger partial charge in [0.15, 0.2) is 0 Å². The topological polar surface area (TPSA) is 58.6 Å². The van der Waals surface area contributed by atoms with Crippen molar-refractivity contribution in [2.75, 3.05) is 25.7 Å². The summed E-state index contributed by atoms with van der Waals surface area (Å²) in [5, 5.41) is 12.7. The standard InChI is InChI=1S/C13H19NO3S/c1-13(16,9-18-3)8-14-12(15)10-4-6-11(17-2)7-5-10/h4-7,16H,8-9H2,1-3H3,(H,14,15). The minimum atomic E-state index is -0.887. The first kappa shape index (κ1) is 14.9. The van der Waals surface area contributed by atoms with Crippen LogP contribution in [0.3, 0.4) is 0 Å². The van der Waals surface area contributed by atoms with Crippen molar-refractivity contribution in [3.63, 3.8) is 0 Å². The van der Waals surface area contributed by atoms with Gasteiger partial charge in [-0.15, -0.1) is 0 Å². The monoisotopic (exact) mass is 269 g/mol. The number of hydrogen-bond acceptors (Lipinski definition) is 4. The second-order valence-corrected chi connectivity index (χ2v) is 5.21. The molecule has 1 atom stereocenters. The van der Waals surface area contributed by atoms with Crippen LogP contribution >= 0.6 is 11.8 Å². The van der Waals surface area contributed by atoms with Crippen molar-refractivity contribution in [3.05, 3.63) is 29.8 Å². The Kier molecular flexibility index (Phi) is 5.50. The van der Waals surface area contributed by atoms with Crippen molar-refractivity contribution in [3.8, 4) is 5.75 Å². The van der Waals surface area contributed by atoms with E-state index in [0.29, 0.717) is 17.1 Å². The number of aliphatic hydroxyl groups is 1. The molecule has 0 aliphatic heterocycles. The lowest BCUT2D eigenvalue weighted by Gasteiger charge is -2.22. The van der Waals surface area contributed by atoms with Crippen molar-refractivity contribution in [2.45, 2.75) is 12.5 Å². The quantitative estimate of drug-likeness (QED) is 0.822. The van der Waals surface area contributed by atoms with Crippen LogP contribution in [0.5, 0.6) is 5.75 Å². The third kappa shape index (κ3) is 4.58. The molecule has 1 amide bonds. The van der Waals surface area contributed by atoms with Gasteiger partial charge in [0.1, 0.15) is 5.75 Å². The Labute approximate surface area is 112 Å². The van der Waals surface area contributed by atoms with Crippen LogP contribution in [0.1, 0.15) is 17.3 Å². The van der Waals surface area contributed by atoms with Crippen molar-refractivity contribution >= 4 is 17.7 Å². The number of nitrogens with one attached hydrogen (secondary N) is 1. The molecule has 0 aromatic heterocycles. The van der Waals surface area contributed by atoms with E-state index in [4.69, 9.17) is 4.74 Å². The fourth-order valence-corrected chi connectivity index (χ4v) is 2.20. The number of amides is 1. The molecule has 0 saturated carbocycles. The molecular weight excluding hydrogens is 250 g/mol. The largest absolute Gasteiger partial charge is 0.497 e. The second-order valence-electron chi connectivity index (χ2n) is 4.34.